The first-order valence-electron chi connectivity index (χ1n) is 7.39. The maximum absolute atomic E-state index is 13.4. The monoisotopic (exact) mass is 294 g/mol. The lowest BCUT2D eigenvalue weighted by molar-refractivity contribution is -0.0316. The molecule has 0 bridgehead atoms. The van der Waals surface area contributed by atoms with Crippen LogP contribution >= 0.6 is 0 Å². The molecule has 2 unspecified atom stereocenters. The topological polar surface area (TPSA) is 46.5 Å². The molecule has 3 nitrogen and oxygen atoms in total. The Kier molecular flexibility index (Phi) is 4.67. The summed E-state index contributed by atoms with van der Waals surface area (Å²) in [4.78, 5) is 10.9. The molecule has 0 amide bonds. The van der Waals surface area contributed by atoms with Crippen LogP contribution in [0.25, 0.3) is 0 Å². The molecule has 0 saturated heterocycles. The third-order valence-corrected chi connectivity index (χ3v) is 4.04. The van der Waals surface area contributed by atoms with Crippen molar-refractivity contribution in [2.24, 2.45) is 11.3 Å². The summed E-state index contributed by atoms with van der Waals surface area (Å²) in [6.07, 6.45) is 3.33. The SMILES string of the molecule is CC1CC(OCc2cc(F)cc(C(=O)O)c2)CC(C)(C)C1. The number of hydrogen-bond acceptors (Lipinski definition) is 2. The van der Waals surface area contributed by atoms with Crippen molar-refractivity contribution < 1.29 is 19.0 Å². The summed E-state index contributed by atoms with van der Waals surface area (Å²) in [6.45, 7) is 6.96. The number of hydrogen-bond donors (Lipinski definition) is 1. The fourth-order valence-electron chi connectivity index (χ4n) is 3.46. The molecular weight excluding hydrogens is 271 g/mol. The Hall–Kier alpha value is -1.42. The number of carbonyl (C=O) groups is 1. The Morgan fingerprint density at radius 2 is 2.10 bits per heavy atom. The first-order valence-corrected chi connectivity index (χ1v) is 7.39. The number of carboxylic acid groups (broad SMARTS) is 1. The third-order valence-electron chi connectivity index (χ3n) is 4.04. The molecule has 1 saturated carbocycles. The zero-order valence-corrected chi connectivity index (χ0v) is 12.9. The second-order valence-electron chi connectivity index (χ2n) is 7.00. The van der Waals surface area contributed by atoms with Gasteiger partial charge in [-0.05, 0) is 54.4 Å². The standard InChI is InChI=1S/C17H23FO3/c1-11-4-15(9-17(2,3)8-11)21-10-12-5-13(16(19)20)7-14(18)6-12/h5-7,11,15H,4,8-10H2,1-3H3,(H,19,20). The Balaban J connectivity index is 2.01. The average molecular weight is 294 g/mol. The van der Waals surface area contributed by atoms with Gasteiger partial charge in [0.1, 0.15) is 5.82 Å². The van der Waals surface area contributed by atoms with E-state index in [0.29, 0.717) is 11.5 Å². The summed E-state index contributed by atoms with van der Waals surface area (Å²) in [6, 6.07) is 3.84. The number of carboxylic acids is 1. The van der Waals surface area contributed by atoms with Gasteiger partial charge in [0, 0.05) is 0 Å². The van der Waals surface area contributed by atoms with Crippen molar-refractivity contribution in [2.75, 3.05) is 0 Å². The van der Waals surface area contributed by atoms with Crippen molar-refractivity contribution in [1.82, 2.24) is 0 Å². The Morgan fingerprint density at radius 1 is 1.38 bits per heavy atom. The number of halogens is 1. The van der Waals surface area contributed by atoms with Crippen molar-refractivity contribution in [3.63, 3.8) is 0 Å². The molecule has 2 rings (SSSR count). The normalized spacial score (nSPS) is 24.8. The maximum Gasteiger partial charge on any atom is 0.335 e. The van der Waals surface area contributed by atoms with Crippen molar-refractivity contribution in [1.29, 1.82) is 0 Å². The lowest BCUT2D eigenvalue weighted by Crippen LogP contribution is -2.32. The summed E-state index contributed by atoms with van der Waals surface area (Å²) in [5.74, 6) is -1.05. The second-order valence-corrected chi connectivity index (χ2v) is 7.00. The van der Waals surface area contributed by atoms with E-state index in [1.807, 2.05) is 0 Å². The smallest absolute Gasteiger partial charge is 0.335 e. The number of benzene rings is 1. The summed E-state index contributed by atoms with van der Waals surface area (Å²) in [5.41, 5.74) is 0.797. The molecule has 0 aliphatic heterocycles. The van der Waals surface area contributed by atoms with E-state index in [0.717, 1.165) is 18.9 Å². The number of rotatable bonds is 4. The van der Waals surface area contributed by atoms with Crippen LogP contribution in [0.15, 0.2) is 18.2 Å². The first-order chi connectivity index (χ1) is 9.75. The van der Waals surface area contributed by atoms with Crippen molar-refractivity contribution in [3.05, 3.63) is 35.1 Å². The van der Waals surface area contributed by atoms with Gasteiger partial charge in [-0.3, -0.25) is 0 Å². The van der Waals surface area contributed by atoms with Crippen molar-refractivity contribution >= 4 is 5.97 Å². The summed E-state index contributed by atoms with van der Waals surface area (Å²) in [7, 11) is 0. The Labute approximate surface area is 125 Å². The Morgan fingerprint density at radius 3 is 2.71 bits per heavy atom. The van der Waals surface area contributed by atoms with Crippen molar-refractivity contribution in [2.45, 2.75) is 52.7 Å². The van der Waals surface area contributed by atoms with Gasteiger partial charge in [-0.15, -0.1) is 0 Å². The molecule has 1 aliphatic rings. The van der Waals surface area contributed by atoms with E-state index >= 15 is 0 Å². The minimum Gasteiger partial charge on any atom is -0.478 e. The van der Waals surface area contributed by atoms with Gasteiger partial charge in [0.05, 0.1) is 18.3 Å². The molecule has 1 aromatic carbocycles. The van der Waals surface area contributed by atoms with Crippen LogP contribution in [0, 0.1) is 17.2 Å². The molecule has 1 aliphatic carbocycles. The molecule has 0 aromatic heterocycles. The summed E-state index contributed by atoms with van der Waals surface area (Å²) < 4.78 is 19.3. The number of aromatic carboxylic acids is 1. The number of ether oxygens (including phenoxy) is 1. The van der Waals surface area contributed by atoms with Gasteiger partial charge in [0.25, 0.3) is 0 Å². The highest BCUT2D eigenvalue weighted by Crippen LogP contribution is 2.39. The molecular formula is C17H23FO3. The van der Waals surface area contributed by atoms with Gasteiger partial charge >= 0.3 is 5.97 Å². The summed E-state index contributed by atoms with van der Waals surface area (Å²) >= 11 is 0. The molecule has 1 fully saturated rings. The lowest BCUT2D eigenvalue weighted by atomic mass is 9.71. The highest BCUT2D eigenvalue weighted by Gasteiger charge is 2.32. The largest absolute Gasteiger partial charge is 0.478 e. The van der Waals surface area contributed by atoms with Gasteiger partial charge in [0.15, 0.2) is 0 Å². The molecule has 21 heavy (non-hydrogen) atoms. The fraction of sp³-hybridized carbons (Fsp3) is 0.588. The molecule has 0 radical (unpaired) electrons. The van der Waals surface area contributed by atoms with Gasteiger partial charge in [0.2, 0.25) is 0 Å². The molecule has 2 atom stereocenters. The maximum atomic E-state index is 13.4. The predicted molar refractivity (Wildman–Crippen MR) is 78.7 cm³/mol. The first kappa shape index (κ1) is 16.0. The van der Waals surface area contributed by atoms with Crippen LogP contribution in [0.5, 0.6) is 0 Å². The van der Waals surface area contributed by atoms with Crippen LogP contribution in [0.1, 0.15) is 56.0 Å². The summed E-state index contributed by atoms with van der Waals surface area (Å²) in [5, 5.41) is 8.95. The van der Waals surface area contributed by atoms with E-state index < -0.39 is 11.8 Å². The predicted octanol–water partition coefficient (Wildman–Crippen LogP) is 4.26. The van der Waals surface area contributed by atoms with E-state index in [1.54, 1.807) is 0 Å². The van der Waals surface area contributed by atoms with Crippen LogP contribution in [-0.2, 0) is 11.3 Å². The molecule has 116 valence electrons. The van der Waals surface area contributed by atoms with Crippen LogP contribution in [0.3, 0.4) is 0 Å². The van der Waals surface area contributed by atoms with Gasteiger partial charge in [-0.25, -0.2) is 9.18 Å². The fourth-order valence-corrected chi connectivity index (χ4v) is 3.46. The molecule has 1 aromatic rings. The van der Waals surface area contributed by atoms with Crippen LogP contribution in [0.4, 0.5) is 4.39 Å². The zero-order valence-electron chi connectivity index (χ0n) is 12.9. The van der Waals surface area contributed by atoms with E-state index in [2.05, 4.69) is 20.8 Å². The zero-order chi connectivity index (χ0) is 15.6. The molecule has 0 heterocycles. The third kappa shape index (κ3) is 4.53. The van der Waals surface area contributed by atoms with Gasteiger partial charge in [-0.1, -0.05) is 20.8 Å². The minimum absolute atomic E-state index is 0.0362. The molecule has 4 heteroatoms. The van der Waals surface area contributed by atoms with E-state index in [1.165, 1.54) is 18.6 Å². The van der Waals surface area contributed by atoms with Gasteiger partial charge < -0.3 is 9.84 Å². The van der Waals surface area contributed by atoms with Crippen LogP contribution in [0.2, 0.25) is 0 Å². The van der Waals surface area contributed by atoms with Crippen LogP contribution < -0.4 is 0 Å². The average Bonchev–Trinajstić information content (AvgIpc) is 2.33. The molecule has 0 spiro atoms. The van der Waals surface area contributed by atoms with E-state index in [-0.39, 0.29) is 23.7 Å². The van der Waals surface area contributed by atoms with Crippen LogP contribution in [-0.4, -0.2) is 17.2 Å². The van der Waals surface area contributed by atoms with E-state index in [9.17, 15) is 9.18 Å². The lowest BCUT2D eigenvalue weighted by Gasteiger charge is -2.38. The molecule has 1 N–H and O–H groups in total. The van der Waals surface area contributed by atoms with Gasteiger partial charge in [-0.2, -0.15) is 0 Å². The quantitative estimate of drug-likeness (QED) is 0.902. The Bertz CT molecular complexity index is 525. The minimum atomic E-state index is -1.12. The highest BCUT2D eigenvalue weighted by molar-refractivity contribution is 5.87. The highest BCUT2D eigenvalue weighted by atomic mass is 19.1. The van der Waals surface area contributed by atoms with Crippen molar-refractivity contribution in [3.8, 4) is 0 Å². The second kappa shape index (κ2) is 6.14. The van der Waals surface area contributed by atoms with E-state index in [4.69, 9.17) is 9.84 Å².